The highest BCUT2D eigenvalue weighted by Crippen LogP contribution is 2.30. The molecule has 0 amide bonds. The summed E-state index contributed by atoms with van der Waals surface area (Å²) in [5.41, 5.74) is 6.25. The number of hydrogen-bond acceptors (Lipinski definition) is 6. The molecule has 0 aliphatic heterocycles. The van der Waals surface area contributed by atoms with Crippen molar-refractivity contribution in [1.82, 2.24) is 9.97 Å². The van der Waals surface area contributed by atoms with E-state index in [-0.39, 0.29) is 28.6 Å². The molecule has 0 spiro atoms. The maximum absolute atomic E-state index is 14.1. The van der Waals surface area contributed by atoms with Gasteiger partial charge in [0.1, 0.15) is 22.8 Å². The molecule has 0 saturated heterocycles. The first-order valence-electron chi connectivity index (χ1n) is 7.34. The van der Waals surface area contributed by atoms with Gasteiger partial charge in [-0.05, 0) is 24.1 Å². The third kappa shape index (κ3) is 3.73. The van der Waals surface area contributed by atoms with Gasteiger partial charge in [0.2, 0.25) is 0 Å². The Balaban J connectivity index is 1.96. The van der Waals surface area contributed by atoms with Gasteiger partial charge in [-0.1, -0.05) is 12.0 Å². The zero-order valence-electron chi connectivity index (χ0n) is 13.2. The third-order valence-electron chi connectivity index (χ3n) is 3.27. The van der Waals surface area contributed by atoms with E-state index in [1.54, 1.807) is 24.4 Å². The van der Waals surface area contributed by atoms with Gasteiger partial charge in [0.25, 0.3) is 5.69 Å². The number of nitro benzene ring substituents is 1. The van der Waals surface area contributed by atoms with Crippen LogP contribution < -0.4 is 10.5 Å². The first kappa shape index (κ1) is 16.9. The topological polar surface area (TPSA) is 104 Å². The monoisotopic (exact) mass is 350 g/mol. The number of nitrogen functional groups attached to an aromatic ring is 1. The standard InChI is InChI=1S/C18H11FN4O3/c19-15-11-13(23(24)25)5-7-17(15)26-16-8-10-22-18(20)14(16)6-4-12-3-1-2-9-21-12/h1-3,5,7-11H,(H2,20,22). The van der Waals surface area contributed by atoms with E-state index in [0.29, 0.717) is 5.69 Å². The van der Waals surface area contributed by atoms with E-state index in [9.17, 15) is 14.5 Å². The number of nitrogens with two attached hydrogens (primary N) is 1. The lowest BCUT2D eigenvalue weighted by Gasteiger charge is -2.09. The Bertz CT molecular complexity index is 1030. The number of ether oxygens (including phenoxy) is 1. The Morgan fingerprint density at radius 3 is 2.62 bits per heavy atom. The normalized spacial score (nSPS) is 9.88. The lowest BCUT2D eigenvalue weighted by atomic mass is 10.2. The smallest absolute Gasteiger partial charge is 0.272 e. The number of benzene rings is 1. The fraction of sp³-hybridized carbons (Fsp3) is 0. The van der Waals surface area contributed by atoms with Crippen LogP contribution in [0.5, 0.6) is 11.5 Å². The minimum absolute atomic E-state index is 0.105. The predicted octanol–water partition coefficient (Wildman–Crippen LogP) is 3.30. The summed E-state index contributed by atoms with van der Waals surface area (Å²) in [5.74, 6) is 4.84. The zero-order valence-corrected chi connectivity index (χ0v) is 13.2. The van der Waals surface area contributed by atoms with Crippen LogP contribution in [0.25, 0.3) is 0 Å². The van der Waals surface area contributed by atoms with Crippen molar-refractivity contribution in [3.63, 3.8) is 0 Å². The van der Waals surface area contributed by atoms with Crippen LogP contribution in [0.1, 0.15) is 11.3 Å². The molecular weight excluding hydrogens is 339 g/mol. The molecule has 2 aromatic heterocycles. The van der Waals surface area contributed by atoms with Crippen LogP contribution in [0.4, 0.5) is 15.9 Å². The molecule has 1 aromatic carbocycles. The van der Waals surface area contributed by atoms with Gasteiger partial charge >= 0.3 is 0 Å². The van der Waals surface area contributed by atoms with Crippen LogP contribution >= 0.6 is 0 Å². The van der Waals surface area contributed by atoms with Crippen LogP contribution in [-0.4, -0.2) is 14.9 Å². The van der Waals surface area contributed by atoms with Gasteiger partial charge in [0.15, 0.2) is 11.6 Å². The molecule has 2 heterocycles. The van der Waals surface area contributed by atoms with Gasteiger partial charge in [-0.15, -0.1) is 0 Å². The van der Waals surface area contributed by atoms with E-state index in [4.69, 9.17) is 10.5 Å². The largest absolute Gasteiger partial charge is 0.453 e. The number of rotatable bonds is 3. The van der Waals surface area contributed by atoms with Crippen LogP contribution in [0.3, 0.4) is 0 Å². The third-order valence-corrected chi connectivity index (χ3v) is 3.27. The van der Waals surface area contributed by atoms with Crippen molar-refractivity contribution in [2.75, 3.05) is 5.73 Å². The molecule has 0 aliphatic rings. The van der Waals surface area contributed by atoms with Gasteiger partial charge in [0.05, 0.1) is 11.0 Å². The number of halogens is 1. The maximum atomic E-state index is 14.1. The molecule has 26 heavy (non-hydrogen) atoms. The van der Waals surface area contributed by atoms with Crippen LogP contribution in [-0.2, 0) is 0 Å². The van der Waals surface area contributed by atoms with Crippen LogP contribution in [0.2, 0.25) is 0 Å². The molecule has 7 nitrogen and oxygen atoms in total. The Hall–Kier alpha value is -3.99. The summed E-state index contributed by atoms with van der Waals surface area (Å²) in [5, 5.41) is 10.7. The Morgan fingerprint density at radius 1 is 1.08 bits per heavy atom. The number of hydrogen-bond donors (Lipinski definition) is 1. The number of anilines is 1. The van der Waals surface area contributed by atoms with Gasteiger partial charge in [-0.25, -0.2) is 14.4 Å². The molecule has 8 heteroatoms. The summed E-state index contributed by atoms with van der Waals surface area (Å²) in [6.45, 7) is 0. The molecule has 0 aliphatic carbocycles. The van der Waals surface area contributed by atoms with Crippen molar-refractivity contribution in [3.8, 4) is 23.3 Å². The van der Waals surface area contributed by atoms with Crippen molar-refractivity contribution in [2.24, 2.45) is 0 Å². The molecule has 3 rings (SSSR count). The minimum Gasteiger partial charge on any atom is -0.453 e. The van der Waals surface area contributed by atoms with E-state index in [0.717, 1.165) is 12.1 Å². The Labute approximate surface area is 147 Å². The van der Waals surface area contributed by atoms with E-state index in [1.165, 1.54) is 18.3 Å². The van der Waals surface area contributed by atoms with Crippen molar-refractivity contribution in [3.05, 3.63) is 82.0 Å². The molecule has 2 N–H and O–H groups in total. The SMILES string of the molecule is Nc1nccc(Oc2ccc([N+](=O)[O-])cc2F)c1C#Cc1ccccn1. The second kappa shape index (κ2) is 7.27. The van der Waals surface area contributed by atoms with Gasteiger partial charge in [-0.2, -0.15) is 0 Å². The quantitative estimate of drug-likeness (QED) is 0.441. The second-order valence-electron chi connectivity index (χ2n) is 5.01. The highest BCUT2D eigenvalue weighted by molar-refractivity contribution is 5.60. The fourth-order valence-electron chi connectivity index (χ4n) is 2.04. The fourth-order valence-corrected chi connectivity index (χ4v) is 2.04. The maximum Gasteiger partial charge on any atom is 0.272 e. The first-order chi connectivity index (χ1) is 12.5. The summed E-state index contributed by atoms with van der Waals surface area (Å²) in [6, 6.07) is 9.82. The van der Waals surface area contributed by atoms with Crippen molar-refractivity contribution >= 4 is 11.5 Å². The van der Waals surface area contributed by atoms with Crippen LogP contribution in [0.15, 0.2) is 54.9 Å². The van der Waals surface area contributed by atoms with E-state index in [2.05, 4.69) is 21.8 Å². The number of pyridine rings is 2. The molecule has 0 fully saturated rings. The van der Waals surface area contributed by atoms with Gasteiger partial charge in [-0.3, -0.25) is 10.1 Å². The van der Waals surface area contributed by atoms with Crippen molar-refractivity contribution in [2.45, 2.75) is 0 Å². The molecule has 3 aromatic rings. The van der Waals surface area contributed by atoms with E-state index >= 15 is 0 Å². The molecule has 0 saturated carbocycles. The molecule has 128 valence electrons. The Morgan fingerprint density at radius 2 is 1.92 bits per heavy atom. The summed E-state index contributed by atoms with van der Waals surface area (Å²) >= 11 is 0. The predicted molar refractivity (Wildman–Crippen MR) is 92.0 cm³/mol. The second-order valence-corrected chi connectivity index (χ2v) is 5.01. The molecule has 0 bridgehead atoms. The number of non-ortho nitro benzene ring substituents is 1. The summed E-state index contributed by atoms with van der Waals surface area (Å²) in [4.78, 5) is 18.0. The number of aromatic nitrogens is 2. The average molecular weight is 350 g/mol. The minimum atomic E-state index is -0.877. The molecule has 0 unspecified atom stereocenters. The molecule has 0 radical (unpaired) electrons. The van der Waals surface area contributed by atoms with E-state index in [1.807, 2.05) is 0 Å². The molecular formula is C18H11FN4O3. The highest BCUT2D eigenvalue weighted by atomic mass is 19.1. The average Bonchev–Trinajstić information content (AvgIpc) is 2.63. The lowest BCUT2D eigenvalue weighted by Crippen LogP contribution is -1.99. The summed E-state index contributed by atoms with van der Waals surface area (Å²) in [6.07, 6.45) is 2.99. The zero-order chi connectivity index (χ0) is 18.5. The number of nitrogens with zero attached hydrogens (tertiary/aromatic N) is 3. The lowest BCUT2D eigenvalue weighted by molar-refractivity contribution is -0.385. The van der Waals surface area contributed by atoms with E-state index < -0.39 is 10.7 Å². The van der Waals surface area contributed by atoms with Gasteiger partial charge < -0.3 is 10.5 Å². The summed E-state index contributed by atoms with van der Waals surface area (Å²) < 4.78 is 19.6. The first-order valence-corrected chi connectivity index (χ1v) is 7.34. The van der Waals surface area contributed by atoms with Crippen molar-refractivity contribution in [1.29, 1.82) is 0 Å². The summed E-state index contributed by atoms with van der Waals surface area (Å²) in [7, 11) is 0. The van der Waals surface area contributed by atoms with Crippen molar-refractivity contribution < 1.29 is 14.1 Å². The van der Waals surface area contributed by atoms with Crippen LogP contribution in [0, 0.1) is 27.8 Å². The Kier molecular flexibility index (Phi) is 4.71. The number of nitro groups is 1. The highest BCUT2D eigenvalue weighted by Gasteiger charge is 2.14. The van der Waals surface area contributed by atoms with Gasteiger partial charge in [0, 0.05) is 24.5 Å². The molecule has 0 atom stereocenters.